The molecule has 16 heavy (non-hydrogen) atoms. The number of benzene rings is 1. The molecule has 0 saturated carbocycles. The molecule has 0 amide bonds. The highest BCUT2D eigenvalue weighted by atomic mass is 16.5. The number of aryl methyl sites for hydroxylation is 1. The van der Waals surface area contributed by atoms with Gasteiger partial charge in [0.2, 0.25) is 0 Å². The lowest BCUT2D eigenvalue weighted by Gasteiger charge is -2.17. The summed E-state index contributed by atoms with van der Waals surface area (Å²) >= 11 is 0. The first-order chi connectivity index (χ1) is 7.60. The Bertz CT molecular complexity index is 377. The Morgan fingerprint density at radius 3 is 2.75 bits per heavy atom. The molecule has 0 aromatic heterocycles. The molecule has 1 unspecified atom stereocenters. The summed E-state index contributed by atoms with van der Waals surface area (Å²) in [5, 5.41) is 8.93. The van der Waals surface area contributed by atoms with Crippen molar-refractivity contribution >= 4 is 5.97 Å². The topological polar surface area (TPSA) is 72.5 Å². The predicted molar refractivity (Wildman–Crippen MR) is 61.4 cm³/mol. The minimum absolute atomic E-state index is 0.340. The number of carboxylic acid groups (broad SMARTS) is 1. The number of hydrogen-bond donors (Lipinski definition) is 2. The van der Waals surface area contributed by atoms with Gasteiger partial charge >= 0.3 is 5.97 Å². The number of hydrogen-bond acceptors (Lipinski definition) is 3. The highest BCUT2D eigenvalue weighted by Gasteiger charge is 2.19. The van der Waals surface area contributed by atoms with Crippen molar-refractivity contribution in [1.29, 1.82) is 0 Å². The molecular weight excluding hydrogens is 206 g/mol. The smallest absolute Gasteiger partial charge is 0.344 e. The van der Waals surface area contributed by atoms with Crippen molar-refractivity contribution in [2.24, 2.45) is 5.73 Å². The summed E-state index contributed by atoms with van der Waals surface area (Å²) in [6, 6.07) is 5.60. The molecule has 0 bridgehead atoms. The Labute approximate surface area is 95.0 Å². The first kappa shape index (κ1) is 12.5. The maximum atomic E-state index is 10.9. The second-order valence-corrected chi connectivity index (χ2v) is 3.62. The van der Waals surface area contributed by atoms with Gasteiger partial charge in [0.25, 0.3) is 0 Å². The molecule has 0 heterocycles. The number of aliphatic carboxylic acids is 1. The maximum Gasteiger partial charge on any atom is 0.344 e. The molecular formula is C12H17NO3. The fourth-order valence-corrected chi connectivity index (χ4v) is 1.49. The minimum atomic E-state index is -0.950. The van der Waals surface area contributed by atoms with Gasteiger partial charge in [-0.25, -0.2) is 4.79 Å². The van der Waals surface area contributed by atoms with Crippen LogP contribution in [-0.4, -0.2) is 17.2 Å². The number of nitrogens with two attached hydrogens (primary N) is 1. The van der Waals surface area contributed by atoms with Crippen LogP contribution in [0.4, 0.5) is 0 Å². The Hall–Kier alpha value is -1.55. The van der Waals surface area contributed by atoms with E-state index in [1.54, 1.807) is 6.92 Å². The summed E-state index contributed by atoms with van der Waals surface area (Å²) in [5.74, 6) is -0.354. The van der Waals surface area contributed by atoms with Crippen LogP contribution in [0.2, 0.25) is 0 Å². The van der Waals surface area contributed by atoms with Crippen molar-refractivity contribution in [2.75, 3.05) is 0 Å². The van der Waals surface area contributed by atoms with Crippen LogP contribution < -0.4 is 10.5 Å². The zero-order valence-electron chi connectivity index (χ0n) is 9.56. The van der Waals surface area contributed by atoms with E-state index in [1.807, 2.05) is 25.1 Å². The highest BCUT2D eigenvalue weighted by molar-refractivity contribution is 5.72. The van der Waals surface area contributed by atoms with Crippen molar-refractivity contribution in [3.8, 4) is 5.75 Å². The van der Waals surface area contributed by atoms with E-state index in [2.05, 4.69) is 0 Å². The molecule has 4 heteroatoms. The van der Waals surface area contributed by atoms with Crippen LogP contribution in [0.15, 0.2) is 18.2 Å². The normalized spacial score (nSPS) is 12.2. The van der Waals surface area contributed by atoms with Crippen LogP contribution in [0, 0.1) is 6.92 Å². The summed E-state index contributed by atoms with van der Waals surface area (Å²) < 4.78 is 5.50. The number of rotatable bonds is 5. The Morgan fingerprint density at radius 2 is 2.25 bits per heavy atom. The van der Waals surface area contributed by atoms with Crippen LogP contribution in [0.25, 0.3) is 0 Å². The van der Waals surface area contributed by atoms with Gasteiger partial charge in [-0.1, -0.05) is 25.1 Å². The van der Waals surface area contributed by atoms with E-state index in [1.165, 1.54) is 0 Å². The van der Waals surface area contributed by atoms with Gasteiger partial charge in [0.05, 0.1) is 0 Å². The van der Waals surface area contributed by atoms with E-state index in [-0.39, 0.29) is 0 Å². The third-order valence-corrected chi connectivity index (χ3v) is 2.42. The Kier molecular flexibility index (Phi) is 4.31. The predicted octanol–water partition coefficient (Wildman–Crippen LogP) is 1.70. The summed E-state index contributed by atoms with van der Waals surface area (Å²) in [6.07, 6.45) is -0.389. The van der Waals surface area contributed by atoms with E-state index >= 15 is 0 Å². The first-order valence-electron chi connectivity index (χ1n) is 5.28. The standard InChI is InChI=1S/C12H17NO3/c1-3-10(12(14)15)16-11-8(2)5-4-6-9(11)7-13/h4-6,10H,3,7,13H2,1-2H3,(H,14,15). The first-order valence-corrected chi connectivity index (χ1v) is 5.28. The van der Waals surface area contributed by atoms with Crippen molar-refractivity contribution < 1.29 is 14.6 Å². The molecule has 0 aliphatic carbocycles. The molecule has 3 N–H and O–H groups in total. The largest absolute Gasteiger partial charge is 0.479 e. The summed E-state index contributed by atoms with van der Waals surface area (Å²) in [6.45, 7) is 4.00. The molecule has 1 atom stereocenters. The van der Waals surface area contributed by atoms with Crippen LogP contribution in [0.5, 0.6) is 5.75 Å². The molecule has 0 spiro atoms. The van der Waals surface area contributed by atoms with Gasteiger partial charge in [-0.05, 0) is 18.9 Å². The summed E-state index contributed by atoms with van der Waals surface area (Å²) in [5.41, 5.74) is 7.32. The van der Waals surface area contributed by atoms with Gasteiger partial charge in [-0.15, -0.1) is 0 Å². The molecule has 0 radical (unpaired) electrons. The van der Waals surface area contributed by atoms with E-state index in [0.29, 0.717) is 18.7 Å². The third kappa shape index (κ3) is 2.73. The van der Waals surface area contributed by atoms with Crippen molar-refractivity contribution in [3.05, 3.63) is 29.3 Å². The summed E-state index contributed by atoms with van der Waals surface area (Å²) in [7, 11) is 0. The van der Waals surface area contributed by atoms with Crippen LogP contribution in [-0.2, 0) is 11.3 Å². The van der Waals surface area contributed by atoms with E-state index in [9.17, 15) is 4.79 Å². The number of para-hydroxylation sites is 1. The van der Waals surface area contributed by atoms with E-state index in [4.69, 9.17) is 15.6 Å². The summed E-state index contributed by atoms with van der Waals surface area (Å²) in [4.78, 5) is 10.9. The van der Waals surface area contributed by atoms with E-state index in [0.717, 1.165) is 11.1 Å². The molecule has 1 aromatic rings. The Balaban J connectivity index is 2.98. The average Bonchev–Trinajstić information content (AvgIpc) is 2.26. The van der Waals surface area contributed by atoms with Crippen molar-refractivity contribution in [2.45, 2.75) is 32.9 Å². The van der Waals surface area contributed by atoms with Gasteiger partial charge in [0.1, 0.15) is 5.75 Å². The molecule has 4 nitrogen and oxygen atoms in total. The molecule has 0 aliphatic rings. The lowest BCUT2D eigenvalue weighted by Crippen LogP contribution is -2.27. The van der Waals surface area contributed by atoms with Crippen LogP contribution >= 0.6 is 0 Å². The zero-order chi connectivity index (χ0) is 12.1. The van der Waals surface area contributed by atoms with Gasteiger partial charge in [-0.2, -0.15) is 0 Å². The van der Waals surface area contributed by atoms with Crippen molar-refractivity contribution in [1.82, 2.24) is 0 Å². The van der Waals surface area contributed by atoms with Crippen LogP contribution in [0.1, 0.15) is 24.5 Å². The monoisotopic (exact) mass is 223 g/mol. The molecule has 0 fully saturated rings. The minimum Gasteiger partial charge on any atom is -0.479 e. The Morgan fingerprint density at radius 1 is 1.56 bits per heavy atom. The second-order valence-electron chi connectivity index (χ2n) is 3.62. The SMILES string of the molecule is CCC(Oc1c(C)cccc1CN)C(=O)O. The average molecular weight is 223 g/mol. The number of carboxylic acids is 1. The van der Waals surface area contributed by atoms with Crippen LogP contribution in [0.3, 0.4) is 0 Å². The molecule has 1 aromatic carbocycles. The maximum absolute atomic E-state index is 10.9. The van der Waals surface area contributed by atoms with E-state index < -0.39 is 12.1 Å². The molecule has 88 valence electrons. The lowest BCUT2D eigenvalue weighted by atomic mass is 10.1. The zero-order valence-corrected chi connectivity index (χ0v) is 9.56. The number of ether oxygens (including phenoxy) is 1. The van der Waals surface area contributed by atoms with Gasteiger partial charge in [0.15, 0.2) is 6.10 Å². The number of carbonyl (C=O) groups is 1. The molecule has 0 saturated heterocycles. The lowest BCUT2D eigenvalue weighted by molar-refractivity contribution is -0.145. The fourth-order valence-electron chi connectivity index (χ4n) is 1.49. The quantitative estimate of drug-likeness (QED) is 0.796. The van der Waals surface area contributed by atoms with Crippen molar-refractivity contribution in [3.63, 3.8) is 0 Å². The highest BCUT2D eigenvalue weighted by Crippen LogP contribution is 2.24. The van der Waals surface area contributed by atoms with Gasteiger partial charge < -0.3 is 15.6 Å². The second kappa shape index (κ2) is 5.51. The van der Waals surface area contributed by atoms with Gasteiger partial charge in [0, 0.05) is 12.1 Å². The molecule has 1 rings (SSSR count). The third-order valence-electron chi connectivity index (χ3n) is 2.42. The van der Waals surface area contributed by atoms with Gasteiger partial charge in [-0.3, -0.25) is 0 Å². The fraction of sp³-hybridized carbons (Fsp3) is 0.417. The molecule has 0 aliphatic heterocycles.